The van der Waals surface area contributed by atoms with Crippen LogP contribution in [0.15, 0.2) is 23.5 Å². The Balaban J connectivity index is 1.37. The average molecular weight is 434 g/mol. The maximum atomic E-state index is 11.7. The van der Waals surface area contributed by atoms with E-state index in [0.29, 0.717) is 24.9 Å². The molecular weight excluding hydrogens is 398 g/mol. The van der Waals surface area contributed by atoms with E-state index in [2.05, 4.69) is 19.9 Å². The molecule has 1 unspecified atom stereocenters. The Bertz CT molecular complexity index is 815. The van der Waals surface area contributed by atoms with Gasteiger partial charge in [0.2, 0.25) is 5.79 Å². The summed E-state index contributed by atoms with van der Waals surface area (Å²) in [5, 5.41) is 11.7. The molecule has 0 aromatic rings. The molecule has 2 aliphatic heterocycles. The van der Waals surface area contributed by atoms with Crippen LogP contribution in [-0.4, -0.2) is 42.8 Å². The summed E-state index contributed by atoms with van der Waals surface area (Å²) in [5.41, 5.74) is 1.86. The van der Waals surface area contributed by atoms with Gasteiger partial charge in [-0.3, -0.25) is 0 Å². The molecule has 172 valence electrons. The first kappa shape index (κ1) is 20.6. The number of aliphatic hydroxyl groups is 1. The molecule has 31 heavy (non-hydrogen) atoms. The molecular formula is C24H35NO6. The van der Waals surface area contributed by atoms with Crippen LogP contribution in [0.25, 0.3) is 0 Å². The molecule has 0 aromatic carbocycles. The summed E-state index contributed by atoms with van der Waals surface area (Å²) in [4.78, 5) is 4.79. The highest BCUT2D eigenvalue weighted by atomic mass is 16.9. The number of hydrogen-bond donors (Lipinski definition) is 2. The number of fused-ring (bicyclic) bond motifs is 7. The van der Waals surface area contributed by atoms with Crippen molar-refractivity contribution in [2.75, 3.05) is 20.2 Å². The Morgan fingerprint density at radius 3 is 2.74 bits per heavy atom. The second-order valence-electron chi connectivity index (χ2n) is 11.1. The van der Waals surface area contributed by atoms with Crippen LogP contribution in [0.1, 0.15) is 58.8 Å². The van der Waals surface area contributed by atoms with Crippen LogP contribution in [0.2, 0.25) is 0 Å². The monoisotopic (exact) mass is 433 g/mol. The van der Waals surface area contributed by atoms with Gasteiger partial charge in [-0.1, -0.05) is 25.5 Å². The summed E-state index contributed by atoms with van der Waals surface area (Å²) < 4.78 is 24.2. The highest BCUT2D eigenvalue weighted by molar-refractivity contribution is 5.35. The first-order valence-corrected chi connectivity index (χ1v) is 11.8. The van der Waals surface area contributed by atoms with E-state index in [1.807, 2.05) is 0 Å². The summed E-state index contributed by atoms with van der Waals surface area (Å²) in [6.45, 7) is 5.57. The SMILES string of the molecule is C[C@]12CC/C(=C\ON)C=C1CC[C@@H]1[C@@H]2[C@@H](O)C[C@@]2(C)[C@H]1CC[C@@]21OCOC12COCO2. The third-order valence-electron chi connectivity index (χ3n) is 10.2. The standard InChI is InChI=1S/C24H35NO6/c1-21-7-5-15(11-31-25)9-16(21)3-4-17-18-6-8-23(22(18,2)10-19(26)20(17)21)24(30-14-28-23)12-27-13-29-24/h9,11,17-20,26H,3-8,10,12-14,25H2,1-2H3/b15-11+/t17-,18-,19-,20+,21-,22-,23+,24?/m0/s1. The highest BCUT2D eigenvalue weighted by Gasteiger charge is 2.76. The molecule has 6 rings (SSSR count). The van der Waals surface area contributed by atoms with Crippen LogP contribution < -0.4 is 5.90 Å². The smallest absolute Gasteiger partial charge is 0.226 e. The fourth-order valence-corrected chi connectivity index (χ4v) is 8.89. The molecule has 7 heteroatoms. The van der Waals surface area contributed by atoms with E-state index in [1.165, 1.54) is 5.57 Å². The minimum Gasteiger partial charge on any atom is -0.419 e. The highest BCUT2D eigenvalue weighted by Crippen LogP contribution is 2.71. The van der Waals surface area contributed by atoms with Crippen molar-refractivity contribution in [2.45, 2.75) is 76.3 Å². The van der Waals surface area contributed by atoms with Crippen molar-refractivity contribution in [1.29, 1.82) is 0 Å². The van der Waals surface area contributed by atoms with Crippen molar-refractivity contribution in [2.24, 2.45) is 34.5 Å². The third-order valence-corrected chi connectivity index (χ3v) is 10.2. The third kappa shape index (κ3) is 2.45. The molecule has 4 aliphatic carbocycles. The minimum atomic E-state index is -0.834. The molecule has 7 nitrogen and oxygen atoms in total. The second kappa shape index (κ2) is 6.78. The number of hydrogen-bond acceptors (Lipinski definition) is 7. The average Bonchev–Trinajstić information content (AvgIpc) is 3.43. The summed E-state index contributed by atoms with van der Waals surface area (Å²) >= 11 is 0. The number of nitrogens with two attached hydrogens (primary N) is 1. The largest absolute Gasteiger partial charge is 0.419 e. The Labute approximate surface area is 183 Å². The van der Waals surface area contributed by atoms with E-state index >= 15 is 0 Å². The summed E-state index contributed by atoms with van der Waals surface area (Å²) in [5.74, 6) is 5.66. The van der Waals surface area contributed by atoms with Crippen LogP contribution in [0.5, 0.6) is 0 Å². The van der Waals surface area contributed by atoms with Crippen molar-refractivity contribution in [3.63, 3.8) is 0 Å². The Morgan fingerprint density at radius 2 is 1.97 bits per heavy atom. The number of ether oxygens (including phenoxy) is 4. The van der Waals surface area contributed by atoms with E-state index in [0.717, 1.165) is 44.1 Å². The van der Waals surface area contributed by atoms with Gasteiger partial charge in [0.15, 0.2) is 13.6 Å². The van der Waals surface area contributed by atoms with Gasteiger partial charge in [0.05, 0.1) is 6.10 Å². The topological polar surface area (TPSA) is 92.4 Å². The Morgan fingerprint density at radius 1 is 1.13 bits per heavy atom. The molecule has 0 aromatic heterocycles. The molecule has 5 fully saturated rings. The van der Waals surface area contributed by atoms with Gasteiger partial charge in [0, 0.05) is 5.41 Å². The van der Waals surface area contributed by atoms with Crippen molar-refractivity contribution >= 4 is 0 Å². The summed E-state index contributed by atoms with van der Waals surface area (Å²) in [6.07, 6.45) is 10.4. The zero-order valence-corrected chi connectivity index (χ0v) is 18.6. The van der Waals surface area contributed by atoms with Crippen LogP contribution in [0.4, 0.5) is 0 Å². The predicted octanol–water partition coefficient (Wildman–Crippen LogP) is 3.14. The molecule has 3 N–H and O–H groups in total. The minimum absolute atomic E-state index is 0.0169. The number of allylic oxidation sites excluding steroid dienone is 3. The normalized spacial score (nSPS) is 54.7. The van der Waals surface area contributed by atoms with E-state index in [9.17, 15) is 5.11 Å². The van der Waals surface area contributed by atoms with Gasteiger partial charge in [0.25, 0.3) is 0 Å². The Hall–Kier alpha value is -0.960. The lowest BCUT2D eigenvalue weighted by Crippen LogP contribution is -2.66. The lowest BCUT2D eigenvalue weighted by atomic mass is 9.45. The van der Waals surface area contributed by atoms with Gasteiger partial charge in [-0.15, -0.1) is 0 Å². The van der Waals surface area contributed by atoms with E-state index in [1.54, 1.807) is 6.26 Å². The lowest BCUT2D eigenvalue weighted by Gasteiger charge is -2.61. The maximum Gasteiger partial charge on any atom is 0.226 e. The molecule has 6 aliphatic rings. The molecule has 2 spiro atoms. The molecule has 2 heterocycles. The van der Waals surface area contributed by atoms with Crippen molar-refractivity contribution in [3.05, 3.63) is 23.5 Å². The summed E-state index contributed by atoms with van der Waals surface area (Å²) in [7, 11) is 0. The van der Waals surface area contributed by atoms with Crippen molar-refractivity contribution in [3.8, 4) is 0 Å². The van der Waals surface area contributed by atoms with Gasteiger partial charge < -0.3 is 28.9 Å². The zero-order valence-electron chi connectivity index (χ0n) is 18.6. The van der Waals surface area contributed by atoms with Crippen molar-refractivity contribution < 1.29 is 28.9 Å². The van der Waals surface area contributed by atoms with E-state index in [4.69, 9.17) is 29.7 Å². The zero-order chi connectivity index (χ0) is 21.5. The fraction of sp³-hybridized carbons (Fsp3) is 0.833. The molecule has 3 saturated carbocycles. The van der Waals surface area contributed by atoms with Gasteiger partial charge >= 0.3 is 0 Å². The maximum absolute atomic E-state index is 11.7. The lowest BCUT2D eigenvalue weighted by molar-refractivity contribution is -0.257. The van der Waals surface area contributed by atoms with Gasteiger partial charge in [-0.05, 0) is 73.7 Å². The van der Waals surface area contributed by atoms with Crippen LogP contribution >= 0.6 is 0 Å². The second-order valence-corrected chi connectivity index (χ2v) is 11.1. The summed E-state index contributed by atoms with van der Waals surface area (Å²) in [6, 6.07) is 0. The van der Waals surface area contributed by atoms with Gasteiger partial charge in [-0.2, -0.15) is 5.90 Å². The van der Waals surface area contributed by atoms with E-state index in [-0.39, 0.29) is 36.4 Å². The predicted molar refractivity (Wildman–Crippen MR) is 111 cm³/mol. The number of rotatable bonds is 1. The fourth-order valence-electron chi connectivity index (χ4n) is 8.89. The van der Waals surface area contributed by atoms with Gasteiger partial charge in [-0.25, -0.2) is 0 Å². The first-order chi connectivity index (χ1) is 14.9. The number of aliphatic hydroxyl groups excluding tert-OH is 1. The molecule has 8 atom stereocenters. The molecule has 0 radical (unpaired) electrons. The first-order valence-electron chi connectivity index (χ1n) is 11.8. The molecule has 0 amide bonds. The molecule has 0 bridgehead atoms. The van der Waals surface area contributed by atoms with Crippen LogP contribution in [-0.2, 0) is 23.8 Å². The van der Waals surface area contributed by atoms with Gasteiger partial charge in [0.1, 0.15) is 18.5 Å². The quantitative estimate of drug-likeness (QED) is 0.485. The van der Waals surface area contributed by atoms with Crippen molar-refractivity contribution in [1.82, 2.24) is 0 Å². The Kier molecular flexibility index (Phi) is 4.51. The van der Waals surface area contributed by atoms with Crippen LogP contribution in [0, 0.1) is 28.6 Å². The van der Waals surface area contributed by atoms with E-state index < -0.39 is 11.4 Å². The molecule has 2 saturated heterocycles. The van der Waals surface area contributed by atoms with Crippen LogP contribution in [0.3, 0.4) is 0 Å².